The number of carbonyl (C=O) groups is 1. The minimum absolute atomic E-state index is 0.111. The van der Waals surface area contributed by atoms with Crippen LogP contribution in [0.4, 0.5) is 26.3 Å². The first kappa shape index (κ1) is 18.6. The van der Waals surface area contributed by atoms with Crippen LogP contribution in [0.15, 0.2) is 6.20 Å². The molecule has 1 aliphatic rings. The molecule has 2 rings (SSSR count). The highest BCUT2D eigenvalue weighted by atomic mass is 19.4. The lowest BCUT2D eigenvalue weighted by Crippen LogP contribution is -2.45. The molecule has 24 heavy (non-hydrogen) atoms. The molecule has 0 unspecified atom stereocenters. The SMILES string of the molecule is Cn1ncc(CN2CCC[C@@H]2C(=O)NCC(F)(F)F)c1C(F)(F)F. The van der Waals surface area contributed by atoms with Gasteiger partial charge in [-0.15, -0.1) is 0 Å². The van der Waals surface area contributed by atoms with Crippen molar-refractivity contribution >= 4 is 5.91 Å². The van der Waals surface area contributed by atoms with E-state index in [0.29, 0.717) is 24.1 Å². The Morgan fingerprint density at radius 2 is 2.00 bits per heavy atom. The summed E-state index contributed by atoms with van der Waals surface area (Å²) in [7, 11) is 1.16. The largest absolute Gasteiger partial charge is 0.433 e. The summed E-state index contributed by atoms with van der Waals surface area (Å²) in [5.41, 5.74) is -1.04. The van der Waals surface area contributed by atoms with E-state index in [1.54, 1.807) is 5.32 Å². The number of carbonyl (C=O) groups excluding carboxylic acids is 1. The number of likely N-dealkylation sites (tertiary alicyclic amines) is 1. The van der Waals surface area contributed by atoms with Gasteiger partial charge in [0.25, 0.3) is 0 Å². The van der Waals surface area contributed by atoms with Crippen LogP contribution in [0, 0.1) is 0 Å². The number of aryl methyl sites for hydroxylation is 1. The maximum atomic E-state index is 13.0. The van der Waals surface area contributed by atoms with E-state index in [0.717, 1.165) is 13.2 Å². The van der Waals surface area contributed by atoms with Crippen LogP contribution in [0.2, 0.25) is 0 Å². The molecule has 0 aliphatic carbocycles. The summed E-state index contributed by atoms with van der Waals surface area (Å²) in [5.74, 6) is -0.831. The summed E-state index contributed by atoms with van der Waals surface area (Å²) < 4.78 is 76.3. The van der Waals surface area contributed by atoms with Crippen molar-refractivity contribution in [1.82, 2.24) is 20.0 Å². The van der Waals surface area contributed by atoms with Crippen molar-refractivity contribution < 1.29 is 31.1 Å². The van der Waals surface area contributed by atoms with Crippen molar-refractivity contribution in [2.75, 3.05) is 13.1 Å². The molecule has 1 N–H and O–H groups in total. The third-order valence-corrected chi connectivity index (χ3v) is 3.79. The standard InChI is InChI=1S/C13H16F6N4O/c1-22-10(13(17,18)19)8(5-21-22)6-23-4-2-3-9(23)11(24)20-7-12(14,15)16/h5,9H,2-4,6-7H2,1H3,(H,20,24)/t9-/m1/s1. The van der Waals surface area contributed by atoms with Gasteiger partial charge in [-0.05, 0) is 19.4 Å². The number of rotatable bonds is 4. The molecule has 1 aromatic rings. The number of halogens is 6. The van der Waals surface area contributed by atoms with Gasteiger partial charge in [0.1, 0.15) is 12.2 Å². The van der Waals surface area contributed by atoms with Crippen molar-refractivity contribution in [3.63, 3.8) is 0 Å². The third kappa shape index (κ3) is 4.40. The summed E-state index contributed by atoms with van der Waals surface area (Å²) in [6, 6.07) is -0.881. The molecule has 0 radical (unpaired) electrons. The molecule has 0 spiro atoms. The molecule has 1 aromatic heterocycles. The van der Waals surface area contributed by atoms with Crippen LogP contribution in [0.3, 0.4) is 0 Å². The Morgan fingerprint density at radius 1 is 1.33 bits per heavy atom. The second-order valence-electron chi connectivity index (χ2n) is 5.60. The van der Waals surface area contributed by atoms with Gasteiger partial charge in [0.15, 0.2) is 0 Å². The van der Waals surface area contributed by atoms with E-state index >= 15 is 0 Å². The quantitative estimate of drug-likeness (QED) is 0.839. The minimum Gasteiger partial charge on any atom is -0.346 e. The Bertz CT molecular complexity index is 594. The van der Waals surface area contributed by atoms with Gasteiger partial charge < -0.3 is 5.32 Å². The van der Waals surface area contributed by atoms with E-state index in [-0.39, 0.29) is 12.1 Å². The monoisotopic (exact) mass is 358 g/mol. The van der Waals surface area contributed by atoms with Crippen LogP contribution in [-0.4, -0.2) is 45.9 Å². The average molecular weight is 358 g/mol. The van der Waals surface area contributed by atoms with Gasteiger partial charge in [0.05, 0.1) is 12.2 Å². The van der Waals surface area contributed by atoms with E-state index in [9.17, 15) is 31.1 Å². The maximum absolute atomic E-state index is 13.0. The van der Waals surface area contributed by atoms with Crippen LogP contribution in [0.25, 0.3) is 0 Å². The number of nitrogens with one attached hydrogen (secondary N) is 1. The number of alkyl halides is 6. The molecule has 2 heterocycles. The topological polar surface area (TPSA) is 50.2 Å². The van der Waals surface area contributed by atoms with E-state index in [2.05, 4.69) is 5.10 Å². The number of nitrogens with zero attached hydrogens (tertiary/aromatic N) is 3. The molecule has 1 amide bonds. The molecule has 1 aliphatic heterocycles. The first-order valence-electron chi connectivity index (χ1n) is 7.15. The third-order valence-electron chi connectivity index (χ3n) is 3.79. The summed E-state index contributed by atoms with van der Waals surface area (Å²) in [6.07, 6.45) is -7.26. The van der Waals surface area contributed by atoms with Crippen molar-refractivity contribution in [2.24, 2.45) is 7.05 Å². The van der Waals surface area contributed by atoms with Crippen LogP contribution in [-0.2, 0) is 24.6 Å². The van der Waals surface area contributed by atoms with Crippen LogP contribution < -0.4 is 5.32 Å². The number of amides is 1. The molecular formula is C13H16F6N4O. The summed E-state index contributed by atoms with van der Waals surface area (Å²) in [4.78, 5) is 13.3. The fraction of sp³-hybridized carbons (Fsp3) is 0.692. The highest BCUT2D eigenvalue weighted by Gasteiger charge is 2.39. The molecule has 1 atom stereocenters. The van der Waals surface area contributed by atoms with Crippen LogP contribution in [0.5, 0.6) is 0 Å². The number of hydrogen-bond donors (Lipinski definition) is 1. The van der Waals surface area contributed by atoms with Crippen LogP contribution in [0.1, 0.15) is 24.1 Å². The highest BCUT2D eigenvalue weighted by molar-refractivity contribution is 5.82. The molecule has 11 heteroatoms. The molecule has 5 nitrogen and oxygen atoms in total. The van der Waals surface area contributed by atoms with E-state index in [1.807, 2.05) is 0 Å². The second-order valence-corrected chi connectivity index (χ2v) is 5.60. The Hall–Kier alpha value is -1.78. The smallest absolute Gasteiger partial charge is 0.346 e. The van der Waals surface area contributed by atoms with Gasteiger partial charge in [0.2, 0.25) is 5.91 Å². The lowest BCUT2D eigenvalue weighted by atomic mass is 10.1. The fourth-order valence-electron chi connectivity index (χ4n) is 2.80. The van der Waals surface area contributed by atoms with Crippen molar-refractivity contribution in [3.05, 3.63) is 17.5 Å². The fourth-order valence-corrected chi connectivity index (χ4v) is 2.80. The highest BCUT2D eigenvalue weighted by Crippen LogP contribution is 2.33. The molecule has 0 saturated carbocycles. The van der Waals surface area contributed by atoms with Gasteiger partial charge >= 0.3 is 12.4 Å². The molecule has 0 bridgehead atoms. The van der Waals surface area contributed by atoms with Gasteiger partial charge in [-0.1, -0.05) is 0 Å². The van der Waals surface area contributed by atoms with Crippen molar-refractivity contribution in [1.29, 1.82) is 0 Å². The Morgan fingerprint density at radius 3 is 2.58 bits per heavy atom. The summed E-state index contributed by atoms with van der Waals surface area (Å²) in [5, 5.41) is 5.37. The molecule has 136 valence electrons. The Balaban J connectivity index is 2.08. The van der Waals surface area contributed by atoms with E-state index in [4.69, 9.17) is 0 Å². The van der Waals surface area contributed by atoms with Gasteiger partial charge in [-0.25, -0.2) is 0 Å². The lowest BCUT2D eigenvalue weighted by molar-refractivity contribution is -0.144. The van der Waals surface area contributed by atoms with Gasteiger partial charge in [0, 0.05) is 19.2 Å². The second kappa shape index (κ2) is 6.61. The van der Waals surface area contributed by atoms with Crippen molar-refractivity contribution in [2.45, 2.75) is 37.8 Å². The Kier molecular flexibility index (Phi) is 5.11. The van der Waals surface area contributed by atoms with Gasteiger partial charge in [-0.3, -0.25) is 14.4 Å². The van der Waals surface area contributed by atoms with Crippen molar-refractivity contribution in [3.8, 4) is 0 Å². The number of aromatic nitrogens is 2. The summed E-state index contributed by atoms with van der Waals surface area (Å²) >= 11 is 0. The number of hydrogen-bond acceptors (Lipinski definition) is 3. The predicted octanol–water partition coefficient (Wildman–Crippen LogP) is 2.08. The zero-order valence-corrected chi connectivity index (χ0v) is 12.7. The summed E-state index contributed by atoms with van der Waals surface area (Å²) in [6.45, 7) is -1.33. The van der Waals surface area contributed by atoms with E-state index < -0.39 is 36.5 Å². The van der Waals surface area contributed by atoms with Gasteiger partial charge in [-0.2, -0.15) is 31.4 Å². The Labute approximate surface area is 133 Å². The predicted molar refractivity (Wildman–Crippen MR) is 70.7 cm³/mol. The minimum atomic E-state index is -4.60. The zero-order chi connectivity index (χ0) is 18.1. The lowest BCUT2D eigenvalue weighted by Gasteiger charge is -2.24. The molecular weight excluding hydrogens is 342 g/mol. The maximum Gasteiger partial charge on any atom is 0.433 e. The molecule has 0 aromatic carbocycles. The normalized spacial score (nSPS) is 19.7. The zero-order valence-electron chi connectivity index (χ0n) is 12.7. The first-order chi connectivity index (χ1) is 11.0. The average Bonchev–Trinajstić information content (AvgIpc) is 3.02. The molecule has 1 saturated heterocycles. The molecule has 1 fully saturated rings. The first-order valence-corrected chi connectivity index (χ1v) is 7.15. The van der Waals surface area contributed by atoms with Crippen LogP contribution >= 0.6 is 0 Å². The van der Waals surface area contributed by atoms with E-state index in [1.165, 1.54) is 4.90 Å².